The van der Waals surface area contributed by atoms with Gasteiger partial charge in [0.1, 0.15) is 12.4 Å². The highest BCUT2D eigenvalue weighted by molar-refractivity contribution is 9.10. The standard InChI is InChI=1S/C20H20BrFN2O4/c1-13(20(27)24(2)12-14-4-3-5-17(22)10-14)28-18(25)11-23-19(26)15-6-8-16(21)9-7-15/h3-10,13H,11-12H2,1-2H3,(H,23,26). The van der Waals surface area contributed by atoms with Crippen LogP contribution in [0.3, 0.4) is 0 Å². The highest BCUT2D eigenvalue weighted by Gasteiger charge is 2.22. The third kappa shape index (κ3) is 6.45. The molecule has 28 heavy (non-hydrogen) atoms. The second kappa shape index (κ2) is 9.98. The summed E-state index contributed by atoms with van der Waals surface area (Å²) in [7, 11) is 1.53. The molecule has 8 heteroatoms. The van der Waals surface area contributed by atoms with Crippen LogP contribution in [0.4, 0.5) is 4.39 Å². The highest BCUT2D eigenvalue weighted by atomic mass is 79.9. The Morgan fingerprint density at radius 3 is 2.50 bits per heavy atom. The lowest BCUT2D eigenvalue weighted by molar-refractivity contribution is -0.157. The second-order valence-electron chi connectivity index (χ2n) is 6.15. The Balaban J connectivity index is 1.81. The van der Waals surface area contributed by atoms with Crippen molar-refractivity contribution in [3.63, 3.8) is 0 Å². The van der Waals surface area contributed by atoms with E-state index in [1.54, 1.807) is 36.4 Å². The predicted molar refractivity (Wildman–Crippen MR) is 105 cm³/mol. The van der Waals surface area contributed by atoms with Crippen LogP contribution < -0.4 is 5.32 Å². The molecule has 0 bridgehead atoms. The van der Waals surface area contributed by atoms with Crippen LogP contribution >= 0.6 is 15.9 Å². The van der Waals surface area contributed by atoms with E-state index in [-0.39, 0.29) is 18.9 Å². The van der Waals surface area contributed by atoms with Gasteiger partial charge >= 0.3 is 5.97 Å². The van der Waals surface area contributed by atoms with Crippen molar-refractivity contribution in [2.24, 2.45) is 0 Å². The van der Waals surface area contributed by atoms with Gasteiger partial charge in [-0.1, -0.05) is 28.1 Å². The summed E-state index contributed by atoms with van der Waals surface area (Å²) in [5, 5.41) is 2.44. The third-order valence-corrected chi connectivity index (χ3v) is 4.37. The zero-order valence-electron chi connectivity index (χ0n) is 15.4. The maximum atomic E-state index is 13.2. The van der Waals surface area contributed by atoms with E-state index in [0.717, 1.165) is 4.47 Å². The van der Waals surface area contributed by atoms with Crippen molar-refractivity contribution in [2.75, 3.05) is 13.6 Å². The van der Waals surface area contributed by atoms with Crippen molar-refractivity contribution in [1.29, 1.82) is 0 Å². The molecule has 1 N–H and O–H groups in total. The predicted octanol–water partition coefficient (Wildman–Crippen LogP) is 2.91. The summed E-state index contributed by atoms with van der Waals surface area (Å²) < 4.78 is 19.1. The number of likely N-dealkylation sites (N-methyl/N-ethyl adjacent to an activating group) is 1. The number of rotatable bonds is 7. The molecule has 0 fully saturated rings. The molecule has 2 amide bonds. The van der Waals surface area contributed by atoms with Crippen molar-refractivity contribution in [3.8, 4) is 0 Å². The number of esters is 1. The lowest BCUT2D eigenvalue weighted by Crippen LogP contribution is -2.39. The lowest BCUT2D eigenvalue weighted by Gasteiger charge is -2.21. The van der Waals surface area contributed by atoms with Gasteiger partial charge in [0.2, 0.25) is 0 Å². The first-order chi connectivity index (χ1) is 13.3. The number of nitrogens with one attached hydrogen (secondary N) is 1. The maximum absolute atomic E-state index is 13.2. The summed E-state index contributed by atoms with van der Waals surface area (Å²) in [6.07, 6.45) is -1.03. The molecule has 148 valence electrons. The van der Waals surface area contributed by atoms with E-state index in [0.29, 0.717) is 11.1 Å². The van der Waals surface area contributed by atoms with E-state index in [1.807, 2.05) is 0 Å². The van der Waals surface area contributed by atoms with Gasteiger partial charge in [-0.05, 0) is 48.9 Å². The molecular formula is C20H20BrFN2O4. The molecule has 2 rings (SSSR count). The molecule has 0 aliphatic carbocycles. The van der Waals surface area contributed by atoms with Gasteiger partial charge in [-0.15, -0.1) is 0 Å². The van der Waals surface area contributed by atoms with Crippen LogP contribution in [0.5, 0.6) is 0 Å². The van der Waals surface area contributed by atoms with Gasteiger partial charge in [0.15, 0.2) is 6.10 Å². The van der Waals surface area contributed by atoms with E-state index in [4.69, 9.17) is 4.74 Å². The molecule has 2 aromatic rings. The third-order valence-electron chi connectivity index (χ3n) is 3.84. The molecule has 6 nitrogen and oxygen atoms in total. The number of halogens is 2. The number of carbonyl (C=O) groups excluding carboxylic acids is 3. The molecule has 0 radical (unpaired) electrons. The number of amides is 2. The Morgan fingerprint density at radius 2 is 1.86 bits per heavy atom. The summed E-state index contributed by atoms with van der Waals surface area (Å²) >= 11 is 3.27. The number of hydrogen-bond acceptors (Lipinski definition) is 4. The molecule has 0 spiro atoms. The number of benzene rings is 2. The average molecular weight is 451 g/mol. The minimum absolute atomic E-state index is 0.179. The first-order valence-corrected chi connectivity index (χ1v) is 9.28. The van der Waals surface area contributed by atoms with Crippen molar-refractivity contribution in [1.82, 2.24) is 10.2 Å². The first-order valence-electron chi connectivity index (χ1n) is 8.49. The SMILES string of the molecule is CC(OC(=O)CNC(=O)c1ccc(Br)cc1)C(=O)N(C)Cc1cccc(F)c1. The summed E-state index contributed by atoms with van der Waals surface area (Å²) in [6, 6.07) is 12.5. The number of hydrogen-bond donors (Lipinski definition) is 1. The van der Waals surface area contributed by atoms with E-state index >= 15 is 0 Å². The smallest absolute Gasteiger partial charge is 0.326 e. The summed E-state index contributed by atoms with van der Waals surface area (Å²) in [5.41, 5.74) is 1.02. The summed E-state index contributed by atoms with van der Waals surface area (Å²) in [4.78, 5) is 37.6. The highest BCUT2D eigenvalue weighted by Crippen LogP contribution is 2.10. The monoisotopic (exact) mass is 450 g/mol. The fourth-order valence-electron chi connectivity index (χ4n) is 2.44. The fourth-order valence-corrected chi connectivity index (χ4v) is 2.71. The first kappa shape index (κ1) is 21.6. The largest absolute Gasteiger partial charge is 0.451 e. The topological polar surface area (TPSA) is 75.7 Å². The molecule has 0 saturated heterocycles. The van der Waals surface area contributed by atoms with Crippen LogP contribution in [0.25, 0.3) is 0 Å². The molecule has 1 unspecified atom stereocenters. The number of ether oxygens (including phenoxy) is 1. The molecule has 0 aliphatic rings. The molecule has 0 saturated carbocycles. The van der Waals surface area contributed by atoms with Crippen LogP contribution in [0, 0.1) is 5.82 Å². The Labute approximate surface area is 170 Å². The normalized spacial score (nSPS) is 11.4. The van der Waals surface area contributed by atoms with E-state index in [9.17, 15) is 18.8 Å². The second-order valence-corrected chi connectivity index (χ2v) is 7.06. The van der Waals surface area contributed by atoms with Crippen molar-refractivity contribution in [3.05, 3.63) is 69.9 Å². The average Bonchev–Trinajstić information content (AvgIpc) is 2.66. The van der Waals surface area contributed by atoms with E-state index in [2.05, 4.69) is 21.2 Å². The van der Waals surface area contributed by atoms with Crippen LogP contribution in [0.15, 0.2) is 53.0 Å². The van der Waals surface area contributed by atoms with Crippen LogP contribution in [-0.2, 0) is 20.9 Å². The molecule has 0 heterocycles. The summed E-state index contributed by atoms with van der Waals surface area (Å²) in [5.74, 6) is -1.98. The van der Waals surface area contributed by atoms with Crippen molar-refractivity contribution >= 4 is 33.7 Å². The van der Waals surface area contributed by atoms with Gasteiger partial charge in [0.05, 0.1) is 0 Å². The van der Waals surface area contributed by atoms with Gasteiger partial charge in [0, 0.05) is 23.6 Å². The van der Waals surface area contributed by atoms with Crippen LogP contribution in [-0.4, -0.2) is 42.4 Å². The Morgan fingerprint density at radius 1 is 1.18 bits per heavy atom. The van der Waals surface area contributed by atoms with Crippen molar-refractivity contribution in [2.45, 2.75) is 19.6 Å². The number of carbonyl (C=O) groups is 3. The number of nitrogens with zero attached hydrogens (tertiary/aromatic N) is 1. The molecule has 1 atom stereocenters. The van der Waals surface area contributed by atoms with Gasteiger partial charge < -0.3 is 15.0 Å². The lowest BCUT2D eigenvalue weighted by atomic mass is 10.2. The zero-order valence-corrected chi connectivity index (χ0v) is 17.0. The van der Waals surface area contributed by atoms with Crippen LogP contribution in [0.1, 0.15) is 22.8 Å². The van der Waals surface area contributed by atoms with E-state index < -0.39 is 23.9 Å². The quantitative estimate of drug-likeness (QED) is 0.657. The Hall–Kier alpha value is -2.74. The molecule has 0 aromatic heterocycles. The summed E-state index contributed by atoms with van der Waals surface area (Å²) in [6.45, 7) is 1.26. The fraction of sp³-hybridized carbons (Fsp3) is 0.250. The van der Waals surface area contributed by atoms with Gasteiger partial charge in [0.25, 0.3) is 11.8 Å². The zero-order chi connectivity index (χ0) is 20.7. The minimum atomic E-state index is -1.03. The van der Waals surface area contributed by atoms with Crippen molar-refractivity contribution < 1.29 is 23.5 Å². The van der Waals surface area contributed by atoms with Gasteiger partial charge in [-0.3, -0.25) is 14.4 Å². The maximum Gasteiger partial charge on any atom is 0.326 e. The molecule has 2 aromatic carbocycles. The van der Waals surface area contributed by atoms with Gasteiger partial charge in [-0.25, -0.2) is 4.39 Å². The molecule has 0 aliphatic heterocycles. The van der Waals surface area contributed by atoms with Crippen LogP contribution in [0.2, 0.25) is 0 Å². The Kier molecular flexibility index (Phi) is 7.69. The van der Waals surface area contributed by atoms with E-state index in [1.165, 1.54) is 31.0 Å². The Bertz CT molecular complexity index is 858. The minimum Gasteiger partial charge on any atom is -0.451 e. The van der Waals surface area contributed by atoms with Gasteiger partial charge in [-0.2, -0.15) is 0 Å². The molecular weight excluding hydrogens is 431 g/mol.